The maximum atomic E-state index is 10.5. The van der Waals surface area contributed by atoms with Crippen LogP contribution in [-0.4, -0.2) is 70.8 Å². The molecule has 11 nitrogen and oxygen atoms in total. The molecule has 27 heavy (non-hydrogen) atoms. The maximum Gasteiger partial charge on any atom is 0.167 e. The predicted octanol–water partition coefficient (Wildman–Crippen LogP) is -0.669. The molecule has 3 aromatic rings. The second-order valence-corrected chi connectivity index (χ2v) is 6.31. The fraction of sp³-hybridized carbons (Fsp3) is 0.500. The summed E-state index contributed by atoms with van der Waals surface area (Å²) in [6.45, 7) is 0.827. The Kier molecular flexibility index (Phi) is 4.99. The lowest BCUT2D eigenvalue weighted by atomic mass is 10.1. The Morgan fingerprint density at radius 3 is 2.93 bits per heavy atom. The van der Waals surface area contributed by atoms with Crippen molar-refractivity contribution in [2.24, 2.45) is 0 Å². The van der Waals surface area contributed by atoms with Crippen molar-refractivity contribution < 1.29 is 19.7 Å². The summed E-state index contributed by atoms with van der Waals surface area (Å²) in [5.74, 6) is 0.258. The Balaban J connectivity index is 1.51. The molecule has 1 aliphatic heterocycles. The highest BCUT2D eigenvalue weighted by Crippen LogP contribution is 2.33. The number of aliphatic hydroxyl groups excluding tert-OH is 2. The number of nitrogens with two attached hydrogens (primary N) is 1. The first kappa shape index (κ1) is 17.8. The number of nitrogens with zero attached hydrogens (tertiary/aromatic N) is 6. The summed E-state index contributed by atoms with van der Waals surface area (Å²) in [7, 11) is 0. The van der Waals surface area contributed by atoms with Crippen LogP contribution in [0.3, 0.4) is 0 Å². The largest absolute Gasteiger partial charge is 0.394 e. The zero-order valence-corrected chi connectivity index (χ0v) is 14.5. The van der Waals surface area contributed by atoms with Crippen molar-refractivity contribution in [2.45, 2.75) is 37.5 Å². The van der Waals surface area contributed by atoms with Crippen molar-refractivity contribution >= 4 is 17.0 Å². The van der Waals surface area contributed by atoms with E-state index >= 15 is 0 Å². The number of nitrogen functional groups attached to an aromatic ring is 1. The standard InChI is InChI=1S/C16H21N7O4/c17-14-11-15(20-7-19-14)23(9-21-11)16-13(12(25)10(6-24)27-16)26-5-1-3-22-4-2-18-8-22/h2,4,7-10,12-13,16,24-25H,1,3,5-6H2,(H2,17,19,20)/t10-,12?,13?,16-/m1/s1. The minimum Gasteiger partial charge on any atom is -0.394 e. The number of aromatic nitrogens is 6. The second kappa shape index (κ2) is 7.56. The van der Waals surface area contributed by atoms with E-state index in [9.17, 15) is 10.2 Å². The summed E-state index contributed by atoms with van der Waals surface area (Å²) in [5, 5.41) is 20.0. The van der Waals surface area contributed by atoms with Gasteiger partial charge in [-0.1, -0.05) is 0 Å². The molecule has 0 spiro atoms. The molecule has 11 heteroatoms. The Labute approximate surface area is 154 Å². The van der Waals surface area contributed by atoms with Gasteiger partial charge in [0.25, 0.3) is 0 Å². The van der Waals surface area contributed by atoms with Crippen molar-refractivity contribution in [1.82, 2.24) is 29.1 Å². The van der Waals surface area contributed by atoms with Crippen LogP contribution >= 0.6 is 0 Å². The fourth-order valence-corrected chi connectivity index (χ4v) is 3.21. The lowest BCUT2D eigenvalue weighted by Gasteiger charge is -2.22. The topological polar surface area (TPSA) is 146 Å². The molecule has 4 rings (SSSR count). The monoisotopic (exact) mass is 375 g/mol. The number of ether oxygens (including phenoxy) is 2. The fourth-order valence-electron chi connectivity index (χ4n) is 3.21. The molecule has 0 radical (unpaired) electrons. The molecule has 4 atom stereocenters. The van der Waals surface area contributed by atoms with Crippen LogP contribution in [-0.2, 0) is 16.0 Å². The molecule has 4 N–H and O–H groups in total. The highest BCUT2D eigenvalue weighted by molar-refractivity contribution is 5.81. The molecule has 144 valence electrons. The Hall–Kier alpha value is -2.60. The molecule has 0 amide bonds. The van der Waals surface area contributed by atoms with Gasteiger partial charge in [0, 0.05) is 25.5 Å². The summed E-state index contributed by atoms with van der Waals surface area (Å²) >= 11 is 0. The normalized spacial score (nSPS) is 25.4. The molecule has 0 aromatic carbocycles. The summed E-state index contributed by atoms with van der Waals surface area (Å²) in [4.78, 5) is 16.3. The van der Waals surface area contributed by atoms with Crippen molar-refractivity contribution in [1.29, 1.82) is 0 Å². The lowest BCUT2D eigenvalue weighted by molar-refractivity contribution is -0.0713. The summed E-state index contributed by atoms with van der Waals surface area (Å²) in [6.07, 6.45) is 5.81. The third-order valence-electron chi connectivity index (χ3n) is 4.58. The first-order valence-electron chi connectivity index (χ1n) is 8.63. The average Bonchev–Trinajstić information content (AvgIpc) is 3.39. The number of rotatable bonds is 7. The quantitative estimate of drug-likeness (QED) is 0.457. The Bertz CT molecular complexity index is 884. The minimum absolute atomic E-state index is 0.258. The molecule has 1 aliphatic rings. The van der Waals surface area contributed by atoms with Crippen LogP contribution in [0.4, 0.5) is 5.82 Å². The number of imidazole rings is 2. The summed E-state index contributed by atoms with van der Waals surface area (Å²) < 4.78 is 15.3. The van der Waals surface area contributed by atoms with Crippen LogP contribution < -0.4 is 5.73 Å². The van der Waals surface area contributed by atoms with Crippen LogP contribution in [0.25, 0.3) is 11.2 Å². The molecule has 1 fully saturated rings. The molecule has 0 bridgehead atoms. The summed E-state index contributed by atoms with van der Waals surface area (Å²) in [5.41, 5.74) is 6.76. The molecule has 0 aliphatic carbocycles. The van der Waals surface area contributed by atoms with Crippen LogP contribution in [0.5, 0.6) is 0 Å². The van der Waals surface area contributed by atoms with E-state index in [1.165, 1.54) is 12.7 Å². The second-order valence-electron chi connectivity index (χ2n) is 6.31. The van der Waals surface area contributed by atoms with Crippen molar-refractivity contribution in [2.75, 3.05) is 18.9 Å². The molecular formula is C16H21N7O4. The van der Waals surface area contributed by atoms with E-state index < -0.39 is 24.5 Å². The number of fused-ring (bicyclic) bond motifs is 1. The van der Waals surface area contributed by atoms with Crippen LogP contribution in [0.15, 0.2) is 31.4 Å². The van der Waals surface area contributed by atoms with E-state index in [1.807, 2.05) is 10.8 Å². The van der Waals surface area contributed by atoms with Crippen LogP contribution in [0.2, 0.25) is 0 Å². The first-order valence-corrected chi connectivity index (χ1v) is 8.63. The smallest absolute Gasteiger partial charge is 0.167 e. The van der Waals surface area contributed by atoms with Gasteiger partial charge in [-0.2, -0.15) is 0 Å². The van der Waals surface area contributed by atoms with Gasteiger partial charge >= 0.3 is 0 Å². The third-order valence-corrected chi connectivity index (χ3v) is 4.58. The average molecular weight is 375 g/mol. The van der Waals surface area contributed by atoms with E-state index in [0.717, 1.165) is 13.0 Å². The third kappa shape index (κ3) is 3.37. The Morgan fingerprint density at radius 1 is 1.26 bits per heavy atom. The van der Waals surface area contributed by atoms with E-state index in [0.29, 0.717) is 17.8 Å². The van der Waals surface area contributed by atoms with E-state index in [-0.39, 0.29) is 12.4 Å². The number of hydrogen-bond acceptors (Lipinski definition) is 9. The van der Waals surface area contributed by atoms with Gasteiger partial charge < -0.3 is 30.0 Å². The van der Waals surface area contributed by atoms with Gasteiger partial charge in [0.1, 0.15) is 30.2 Å². The molecule has 4 heterocycles. The van der Waals surface area contributed by atoms with Crippen LogP contribution in [0.1, 0.15) is 12.6 Å². The molecule has 2 unspecified atom stereocenters. The number of hydrogen-bond donors (Lipinski definition) is 3. The van der Waals surface area contributed by atoms with Gasteiger partial charge in [0.15, 0.2) is 17.7 Å². The van der Waals surface area contributed by atoms with E-state index in [2.05, 4.69) is 19.9 Å². The van der Waals surface area contributed by atoms with Crippen molar-refractivity contribution in [3.05, 3.63) is 31.4 Å². The highest BCUT2D eigenvalue weighted by atomic mass is 16.6. The van der Waals surface area contributed by atoms with Crippen molar-refractivity contribution in [3.63, 3.8) is 0 Å². The molecule has 1 saturated heterocycles. The zero-order valence-electron chi connectivity index (χ0n) is 14.5. The van der Waals surface area contributed by atoms with E-state index in [1.54, 1.807) is 17.1 Å². The Morgan fingerprint density at radius 2 is 2.15 bits per heavy atom. The lowest BCUT2D eigenvalue weighted by Crippen LogP contribution is -2.35. The van der Waals surface area contributed by atoms with Gasteiger partial charge in [0.2, 0.25) is 0 Å². The van der Waals surface area contributed by atoms with Gasteiger partial charge in [0.05, 0.1) is 19.3 Å². The van der Waals surface area contributed by atoms with Crippen LogP contribution in [0, 0.1) is 0 Å². The molecule has 3 aromatic heterocycles. The number of anilines is 1. The predicted molar refractivity (Wildman–Crippen MR) is 93.3 cm³/mol. The molecular weight excluding hydrogens is 354 g/mol. The zero-order chi connectivity index (χ0) is 18.8. The van der Waals surface area contributed by atoms with Gasteiger partial charge in [-0.25, -0.2) is 19.9 Å². The van der Waals surface area contributed by atoms with Gasteiger partial charge in [-0.05, 0) is 6.42 Å². The highest BCUT2D eigenvalue weighted by Gasteiger charge is 2.45. The number of aryl methyl sites for hydroxylation is 1. The maximum absolute atomic E-state index is 10.5. The van der Waals surface area contributed by atoms with Gasteiger partial charge in [-0.15, -0.1) is 0 Å². The number of aliphatic hydroxyl groups is 2. The SMILES string of the molecule is Nc1ncnc2c1ncn2[C@@H]1O[C@H](CO)C(O)C1OCCCn1ccnc1. The minimum atomic E-state index is -0.982. The van der Waals surface area contributed by atoms with Gasteiger partial charge in [-0.3, -0.25) is 4.57 Å². The summed E-state index contributed by atoms with van der Waals surface area (Å²) in [6, 6.07) is 0. The molecule has 0 saturated carbocycles. The van der Waals surface area contributed by atoms with E-state index in [4.69, 9.17) is 15.2 Å². The van der Waals surface area contributed by atoms with Crippen molar-refractivity contribution in [3.8, 4) is 0 Å². The first-order chi connectivity index (χ1) is 13.2.